The van der Waals surface area contributed by atoms with Crippen LogP contribution in [0.1, 0.15) is 25.2 Å². The largest absolute Gasteiger partial charge is 0.456 e. The van der Waals surface area contributed by atoms with E-state index < -0.39 is 0 Å². The van der Waals surface area contributed by atoms with Crippen LogP contribution < -0.4 is 0 Å². The summed E-state index contributed by atoms with van der Waals surface area (Å²) in [6, 6.07) is 26.3. The molecular formula is C29H23N3O. The van der Waals surface area contributed by atoms with E-state index in [1.807, 2.05) is 66.7 Å². The Morgan fingerprint density at radius 3 is 1.94 bits per heavy atom. The molecule has 6 rings (SSSR count). The number of furan rings is 1. The van der Waals surface area contributed by atoms with Crippen molar-refractivity contribution in [1.82, 2.24) is 15.0 Å². The van der Waals surface area contributed by atoms with Gasteiger partial charge in [-0.15, -0.1) is 0 Å². The monoisotopic (exact) mass is 429 g/mol. The Hall–Kier alpha value is -4.05. The SMILES string of the molecule is CC1(C)C=Cc2oc3c(-c4nc(-c5ccccc5)nc(-c5ccccc5)n4)cccc3c2C1. The molecule has 3 aromatic carbocycles. The summed E-state index contributed by atoms with van der Waals surface area (Å²) in [5, 5.41) is 1.13. The van der Waals surface area contributed by atoms with E-state index in [1.54, 1.807) is 0 Å². The van der Waals surface area contributed by atoms with Crippen LogP contribution in [0.3, 0.4) is 0 Å². The second-order valence-corrected chi connectivity index (χ2v) is 9.16. The molecule has 0 spiro atoms. The lowest BCUT2D eigenvalue weighted by Crippen LogP contribution is -2.14. The first kappa shape index (κ1) is 19.6. The molecule has 0 saturated carbocycles. The van der Waals surface area contributed by atoms with Crippen molar-refractivity contribution in [3.05, 3.63) is 96.3 Å². The molecule has 0 aliphatic heterocycles. The summed E-state index contributed by atoms with van der Waals surface area (Å²) in [4.78, 5) is 14.6. The number of para-hydroxylation sites is 1. The molecule has 0 radical (unpaired) electrons. The Balaban J connectivity index is 1.58. The third kappa shape index (κ3) is 3.54. The van der Waals surface area contributed by atoms with Gasteiger partial charge in [0.2, 0.25) is 0 Å². The first-order valence-electron chi connectivity index (χ1n) is 11.2. The molecule has 0 atom stereocenters. The zero-order chi connectivity index (χ0) is 22.4. The van der Waals surface area contributed by atoms with Gasteiger partial charge in [-0.05, 0) is 24.0 Å². The third-order valence-electron chi connectivity index (χ3n) is 6.11. The van der Waals surface area contributed by atoms with Gasteiger partial charge in [0.05, 0.1) is 5.56 Å². The zero-order valence-electron chi connectivity index (χ0n) is 18.6. The number of hydrogen-bond acceptors (Lipinski definition) is 4. The number of nitrogens with zero attached hydrogens (tertiary/aromatic N) is 3. The summed E-state index contributed by atoms with van der Waals surface area (Å²) in [5.41, 5.74) is 4.97. The summed E-state index contributed by atoms with van der Waals surface area (Å²) < 4.78 is 6.37. The Morgan fingerprint density at radius 1 is 0.697 bits per heavy atom. The summed E-state index contributed by atoms with van der Waals surface area (Å²) in [5.74, 6) is 2.84. The second kappa shape index (κ2) is 7.52. The van der Waals surface area contributed by atoms with Crippen LogP contribution >= 0.6 is 0 Å². The molecule has 1 aliphatic rings. The van der Waals surface area contributed by atoms with Gasteiger partial charge in [-0.3, -0.25) is 0 Å². The Kier molecular flexibility index (Phi) is 4.47. The van der Waals surface area contributed by atoms with E-state index in [0.29, 0.717) is 17.5 Å². The highest BCUT2D eigenvalue weighted by molar-refractivity contribution is 5.95. The topological polar surface area (TPSA) is 51.8 Å². The molecule has 4 nitrogen and oxygen atoms in total. The van der Waals surface area contributed by atoms with Gasteiger partial charge in [0.1, 0.15) is 11.3 Å². The van der Waals surface area contributed by atoms with Crippen molar-refractivity contribution in [3.63, 3.8) is 0 Å². The smallest absolute Gasteiger partial charge is 0.167 e. The highest BCUT2D eigenvalue weighted by Crippen LogP contribution is 2.40. The van der Waals surface area contributed by atoms with Crippen molar-refractivity contribution < 1.29 is 4.42 Å². The summed E-state index contributed by atoms with van der Waals surface area (Å²) in [6.07, 6.45) is 5.26. The maximum atomic E-state index is 6.37. The van der Waals surface area contributed by atoms with Gasteiger partial charge < -0.3 is 4.42 Å². The normalized spacial score (nSPS) is 14.4. The minimum Gasteiger partial charge on any atom is -0.456 e. The quantitative estimate of drug-likeness (QED) is 0.304. The first-order chi connectivity index (χ1) is 16.1. The molecule has 2 heterocycles. The minimum atomic E-state index is 0.105. The fourth-order valence-electron chi connectivity index (χ4n) is 4.43. The van der Waals surface area contributed by atoms with Crippen molar-refractivity contribution in [3.8, 4) is 34.2 Å². The van der Waals surface area contributed by atoms with Crippen molar-refractivity contribution >= 4 is 17.0 Å². The fraction of sp³-hybridized carbons (Fsp3) is 0.138. The van der Waals surface area contributed by atoms with Crippen LogP contribution in [0, 0.1) is 5.41 Å². The van der Waals surface area contributed by atoms with Crippen LogP contribution in [0.5, 0.6) is 0 Å². The Bertz CT molecular complexity index is 1440. The van der Waals surface area contributed by atoms with E-state index in [0.717, 1.165) is 39.8 Å². The molecule has 0 bridgehead atoms. The predicted molar refractivity (Wildman–Crippen MR) is 132 cm³/mol. The molecule has 33 heavy (non-hydrogen) atoms. The van der Waals surface area contributed by atoms with Crippen LogP contribution in [-0.2, 0) is 6.42 Å². The lowest BCUT2D eigenvalue weighted by molar-refractivity contribution is 0.465. The Labute approximate surface area is 192 Å². The van der Waals surface area contributed by atoms with E-state index in [1.165, 1.54) is 5.56 Å². The summed E-state index contributed by atoms with van der Waals surface area (Å²) in [6.45, 7) is 4.50. The highest BCUT2D eigenvalue weighted by atomic mass is 16.3. The van der Waals surface area contributed by atoms with Crippen molar-refractivity contribution in [1.29, 1.82) is 0 Å². The van der Waals surface area contributed by atoms with Gasteiger partial charge in [0.25, 0.3) is 0 Å². The van der Waals surface area contributed by atoms with E-state index in [-0.39, 0.29) is 5.41 Å². The predicted octanol–water partition coefficient (Wildman–Crippen LogP) is 7.21. The van der Waals surface area contributed by atoms with Crippen LogP contribution in [0.25, 0.3) is 51.2 Å². The van der Waals surface area contributed by atoms with E-state index in [2.05, 4.69) is 38.1 Å². The fourth-order valence-corrected chi connectivity index (χ4v) is 4.43. The van der Waals surface area contributed by atoms with Gasteiger partial charge in [0, 0.05) is 22.1 Å². The number of allylic oxidation sites excluding steroid dienone is 1. The van der Waals surface area contributed by atoms with Crippen LogP contribution in [0.4, 0.5) is 0 Å². The molecule has 1 aliphatic carbocycles. The standard InChI is InChI=1S/C29H23N3O/c1-29(2)17-16-24-23(18-29)21-14-9-15-22(25(21)33-24)28-31-26(19-10-5-3-6-11-19)30-27(32-28)20-12-7-4-8-13-20/h3-17H,18H2,1-2H3. The number of fused-ring (bicyclic) bond motifs is 3. The number of rotatable bonds is 3. The van der Waals surface area contributed by atoms with Crippen LogP contribution in [-0.4, -0.2) is 15.0 Å². The second-order valence-electron chi connectivity index (χ2n) is 9.16. The Morgan fingerprint density at radius 2 is 1.30 bits per heavy atom. The molecule has 4 heteroatoms. The van der Waals surface area contributed by atoms with Crippen molar-refractivity contribution in [2.45, 2.75) is 20.3 Å². The summed E-state index contributed by atoms with van der Waals surface area (Å²) in [7, 11) is 0. The van der Waals surface area contributed by atoms with Crippen molar-refractivity contribution in [2.75, 3.05) is 0 Å². The highest BCUT2D eigenvalue weighted by Gasteiger charge is 2.27. The van der Waals surface area contributed by atoms with Crippen molar-refractivity contribution in [2.24, 2.45) is 5.41 Å². The van der Waals surface area contributed by atoms with E-state index in [4.69, 9.17) is 19.4 Å². The minimum absolute atomic E-state index is 0.105. The molecule has 0 fully saturated rings. The van der Waals surface area contributed by atoms with Crippen LogP contribution in [0.2, 0.25) is 0 Å². The first-order valence-corrected chi connectivity index (χ1v) is 11.2. The van der Waals surface area contributed by atoms with E-state index in [9.17, 15) is 0 Å². The number of hydrogen-bond donors (Lipinski definition) is 0. The average molecular weight is 430 g/mol. The lowest BCUT2D eigenvalue weighted by Gasteiger charge is -2.23. The summed E-state index contributed by atoms with van der Waals surface area (Å²) >= 11 is 0. The van der Waals surface area contributed by atoms with Gasteiger partial charge >= 0.3 is 0 Å². The molecule has 0 unspecified atom stereocenters. The third-order valence-corrected chi connectivity index (χ3v) is 6.11. The molecule has 0 amide bonds. The maximum Gasteiger partial charge on any atom is 0.167 e. The molecule has 0 N–H and O–H groups in total. The van der Waals surface area contributed by atoms with Gasteiger partial charge in [-0.25, -0.2) is 15.0 Å². The molecule has 5 aromatic rings. The average Bonchev–Trinajstić information content (AvgIpc) is 3.22. The van der Waals surface area contributed by atoms with Gasteiger partial charge in [-0.1, -0.05) is 92.7 Å². The molecule has 2 aromatic heterocycles. The molecule has 160 valence electrons. The van der Waals surface area contributed by atoms with E-state index >= 15 is 0 Å². The van der Waals surface area contributed by atoms with Gasteiger partial charge in [0.15, 0.2) is 17.5 Å². The number of benzene rings is 3. The molecular weight excluding hydrogens is 406 g/mol. The van der Waals surface area contributed by atoms with Crippen LogP contribution in [0.15, 0.2) is 89.4 Å². The maximum absolute atomic E-state index is 6.37. The lowest BCUT2D eigenvalue weighted by atomic mass is 9.81. The number of aromatic nitrogens is 3. The van der Waals surface area contributed by atoms with Gasteiger partial charge in [-0.2, -0.15) is 0 Å². The zero-order valence-corrected chi connectivity index (χ0v) is 18.6. The molecule has 0 saturated heterocycles.